The van der Waals surface area contributed by atoms with Crippen molar-refractivity contribution in [3.8, 4) is 22.3 Å². The molecule has 9 aromatic rings. The van der Waals surface area contributed by atoms with Gasteiger partial charge in [-0.25, -0.2) is 0 Å². The van der Waals surface area contributed by atoms with Gasteiger partial charge in [0.1, 0.15) is 22.3 Å². The van der Waals surface area contributed by atoms with Gasteiger partial charge in [0.15, 0.2) is 0 Å². The van der Waals surface area contributed by atoms with Crippen LogP contribution in [0, 0.1) is 0 Å². The van der Waals surface area contributed by atoms with Crippen LogP contribution in [0.2, 0.25) is 0 Å². The predicted octanol–water partition coefficient (Wildman–Crippen LogP) is 11.1. The van der Waals surface area contributed by atoms with Crippen LogP contribution in [0.25, 0.3) is 99.8 Å². The molecule has 45 heavy (non-hydrogen) atoms. The molecule has 0 atom stereocenters. The SMILES string of the molecule is C/C=c1/c(-c2ccc3oc4cc5ccc6c7ccccc7oc6c5cc4c3c2)c2ccccc2c(-c2ccccc2)/c1=C/CC. The highest BCUT2D eigenvalue weighted by atomic mass is 16.3. The average molecular weight is 579 g/mol. The van der Waals surface area contributed by atoms with Crippen LogP contribution < -0.4 is 10.4 Å². The lowest BCUT2D eigenvalue weighted by molar-refractivity contribution is 0.669. The van der Waals surface area contributed by atoms with E-state index in [1.54, 1.807) is 0 Å². The van der Waals surface area contributed by atoms with Crippen molar-refractivity contribution in [2.75, 3.05) is 0 Å². The van der Waals surface area contributed by atoms with Crippen molar-refractivity contribution in [3.05, 3.63) is 132 Å². The van der Waals surface area contributed by atoms with Crippen molar-refractivity contribution in [3.63, 3.8) is 0 Å². The Balaban J connectivity index is 1.36. The predicted molar refractivity (Wildman–Crippen MR) is 191 cm³/mol. The maximum Gasteiger partial charge on any atom is 0.143 e. The standard InChI is InChI=1S/C43H30O2/c1-3-12-31-29(4-2)42(33-17-9-8-16-32(33)41(31)26-13-6-5-7-14-26)28-20-22-39-36(23-28)37-25-35-27(24-40(37)44-39)19-21-34-30-15-10-11-18-38(30)45-43(34)35/h4-25H,3H2,1-2H3/b29-4+,31-12+. The average Bonchev–Trinajstić information content (AvgIpc) is 3.65. The van der Waals surface area contributed by atoms with Crippen molar-refractivity contribution in [2.24, 2.45) is 0 Å². The van der Waals surface area contributed by atoms with E-state index in [-0.39, 0.29) is 0 Å². The van der Waals surface area contributed by atoms with Crippen molar-refractivity contribution in [1.82, 2.24) is 0 Å². The molecule has 214 valence electrons. The fourth-order valence-corrected chi connectivity index (χ4v) is 7.35. The molecule has 9 rings (SSSR count). The molecule has 0 fully saturated rings. The Kier molecular flexibility index (Phi) is 5.73. The first-order chi connectivity index (χ1) is 22.2. The zero-order chi connectivity index (χ0) is 30.1. The second-order valence-electron chi connectivity index (χ2n) is 11.8. The summed E-state index contributed by atoms with van der Waals surface area (Å²) in [5, 5.41) is 11.8. The summed E-state index contributed by atoms with van der Waals surface area (Å²) in [6.07, 6.45) is 5.61. The van der Waals surface area contributed by atoms with E-state index in [9.17, 15) is 0 Å². The second kappa shape index (κ2) is 9.97. The quantitative estimate of drug-likeness (QED) is 0.208. The van der Waals surface area contributed by atoms with Crippen molar-refractivity contribution in [1.29, 1.82) is 0 Å². The largest absolute Gasteiger partial charge is 0.456 e. The van der Waals surface area contributed by atoms with E-state index in [2.05, 4.69) is 135 Å². The second-order valence-corrected chi connectivity index (χ2v) is 11.8. The molecule has 2 heterocycles. The number of rotatable bonds is 3. The van der Waals surface area contributed by atoms with Crippen LogP contribution >= 0.6 is 0 Å². The summed E-state index contributed by atoms with van der Waals surface area (Å²) >= 11 is 0. The van der Waals surface area contributed by atoms with Crippen LogP contribution in [0.15, 0.2) is 130 Å². The van der Waals surface area contributed by atoms with E-state index in [1.165, 1.54) is 43.5 Å². The Bertz CT molecular complexity index is 2740. The highest BCUT2D eigenvalue weighted by Crippen LogP contribution is 2.40. The summed E-state index contributed by atoms with van der Waals surface area (Å²) in [5.41, 5.74) is 8.57. The Morgan fingerprint density at radius 1 is 0.489 bits per heavy atom. The lowest BCUT2D eigenvalue weighted by atomic mass is 9.87. The molecule has 0 aliphatic rings. The Hall–Kier alpha value is -5.60. The number of fused-ring (bicyclic) bond motifs is 9. The van der Waals surface area contributed by atoms with E-state index in [1.807, 2.05) is 12.1 Å². The molecule has 2 heteroatoms. The summed E-state index contributed by atoms with van der Waals surface area (Å²) in [6.45, 7) is 4.38. The Morgan fingerprint density at radius 3 is 1.96 bits per heavy atom. The summed E-state index contributed by atoms with van der Waals surface area (Å²) in [4.78, 5) is 0. The summed E-state index contributed by atoms with van der Waals surface area (Å²) in [7, 11) is 0. The molecular formula is C43H30O2. The van der Waals surface area contributed by atoms with Gasteiger partial charge in [-0.05, 0) is 98.6 Å². The molecule has 0 spiro atoms. The molecule has 0 bridgehead atoms. The number of para-hydroxylation sites is 1. The summed E-state index contributed by atoms with van der Waals surface area (Å²) < 4.78 is 12.9. The lowest BCUT2D eigenvalue weighted by Gasteiger charge is -2.16. The third-order valence-corrected chi connectivity index (χ3v) is 9.29. The molecule has 0 unspecified atom stereocenters. The van der Waals surface area contributed by atoms with Crippen molar-refractivity contribution >= 4 is 77.6 Å². The van der Waals surface area contributed by atoms with E-state index >= 15 is 0 Å². The first kappa shape index (κ1) is 25.9. The third-order valence-electron chi connectivity index (χ3n) is 9.29. The molecule has 7 aromatic carbocycles. The number of hydrogen-bond donors (Lipinski definition) is 0. The Labute approximate surface area is 260 Å². The molecule has 0 saturated carbocycles. The van der Waals surface area contributed by atoms with Gasteiger partial charge >= 0.3 is 0 Å². The van der Waals surface area contributed by atoms with Crippen molar-refractivity contribution < 1.29 is 8.83 Å². The summed E-state index contributed by atoms with van der Waals surface area (Å²) in [6, 6.07) is 43.3. The molecule has 0 N–H and O–H groups in total. The number of furan rings is 2. The zero-order valence-corrected chi connectivity index (χ0v) is 25.2. The number of hydrogen-bond acceptors (Lipinski definition) is 2. The van der Waals surface area contributed by atoms with Crippen LogP contribution in [0.1, 0.15) is 20.3 Å². The van der Waals surface area contributed by atoms with Gasteiger partial charge in [0.05, 0.1) is 0 Å². The molecule has 2 nitrogen and oxygen atoms in total. The smallest absolute Gasteiger partial charge is 0.143 e. The normalized spacial score (nSPS) is 13.0. The zero-order valence-electron chi connectivity index (χ0n) is 25.2. The first-order valence-corrected chi connectivity index (χ1v) is 15.7. The van der Waals surface area contributed by atoms with Crippen LogP contribution in [-0.2, 0) is 0 Å². The van der Waals surface area contributed by atoms with Gasteiger partial charge in [0.2, 0.25) is 0 Å². The first-order valence-electron chi connectivity index (χ1n) is 15.7. The summed E-state index contributed by atoms with van der Waals surface area (Å²) in [5.74, 6) is 0. The molecular weight excluding hydrogens is 548 g/mol. The minimum atomic E-state index is 0.886. The fourth-order valence-electron chi connectivity index (χ4n) is 7.35. The Morgan fingerprint density at radius 2 is 1.18 bits per heavy atom. The molecule has 2 aromatic heterocycles. The monoisotopic (exact) mass is 578 g/mol. The molecule has 0 aliphatic heterocycles. The van der Waals surface area contributed by atoms with Gasteiger partial charge in [-0.3, -0.25) is 0 Å². The highest BCUT2D eigenvalue weighted by Gasteiger charge is 2.17. The molecule has 0 aliphatic carbocycles. The van der Waals surface area contributed by atoms with E-state index in [0.29, 0.717) is 0 Å². The minimum Gasteiger partial charge on any atom is -0.456 e. The van der Waals surface area contributed by atoms with E-state index in [4.69, 9.17) is 8.83 Å². The van der Waals surface area contributed by atoms with Gasteiger partial charge in [-0.2, -0.15) is 0 Å². The van der Waals surface area contributed by atoms with Crippen LogP contribution in [0.5, 0.6) is 0 Å². The molecule has 0 saturated heterocycles. The van der Waals surface area contributed by atoms with Gasteiger partial charge in [0, 0.05) is 26.9 Å². The van der Waals surface area contributed by atoms with Crippen molar-refractivity contribution in [2.45, 2.75) is 20.3 Å². The van der Waals surface area contributed by atoms with Crippen LogP contribution in [0.4, 0.5) is 0 Å². The molecule has 0 amide bonds. The molecule has 0 radical (unpaired) electrons. The third kappa shape index (κ3) is 3.82. The van der Waals surface area contributed by atoms with Gasteiger partial charge in [-0.1, -0.05) is 104 Å². The fraction of sp³-hybridized carbons (Fsp3) is 0.0698. The maximum absolute atomic E-state index is 6.46. The van der Waals surface area contributed by atoms with E-state index < -0.39 is 0 Å². The van der Waals surface area contributed by atoms with Crippen LogP contribution in [0.3, 0.4) is 0 Å². The highest BCUT2D eigenvalue weighted by molar-refractivity contribution is 6.20. The maximum atomic E-state index is 6.46. The topological polar surface area (TPSA) is 26.3 Å². The van der Waals surface area contributed by atoms with Gasteiger partial charge < -0.3 is 8.83 Å². The van der Waals surface area contributed by atoms with Crippen LogP contribution in [-0.4, -0.2) is 0 Å². The van der Waals surface area contributed by atoms with E-state index in [0.717, 1.165) is 61.1 Å². The lowest BCUT2D eigenvalue weighted by Crippen LogP contribution is -2.29. The number of benzene rings is 7. The van der Waals surface area contributed by atoms with Gasteiger partial charge in [0.25, 0.3) is 0 Å². The minimum absolute atomic E-state index is 0.886. The van der Waals surface area contributed by atoms with Gasteiger partial charge in [-0.15, -0.1) is 0 Å².